The highest BCUT2D eigenvalue weighted by molar-refractivity contribution is 6.07. The van der Waals surface area contributed by atoms with E-state index in [1.165, 1.54) is 4.90 Å². The number of carbonyl (C=O) groups excluding carboxylic acids is 2. The molecule has 0 saturated carbocycles. The molecule has 0 aromatic carbocycles. The van der Waals surface area contributed by atoms with Gasteiger partial charge in [0.15, 0.2) is 0 Å². The maximum absolute atomic E-state index is 12.8. The van der Waals surface area contributed by atoms with Gasteiger partial charge in [-0.25, -0.2) is 4.79 Å². The van der Waals surface area contributed by atoms with Crippen molar-refractivity contribution in [3.63, 3.8) is 0 Å². The number of rotatable bonds is 3. The predicted molar refractivity (Wildman–Crippen MR) is 82.9 cm³/mol. The topological polar surface area (TPSA) is 52.7 Å². The van der Waals surface area contributed by atoms with E-state index < -0.39 is 5.54 Å². The zero-order chi connectivity index (χ0) is 16.1. The zero-order valence-corrected chi connectivity index (χ0v) is 13.8. The number of amides is 3. The van der Waals surface area contributed by atoms with E-state index in [1.807, 2.05) is 0 Å². The molecule has 3 amide bonds. The number of nitrogens with one attached hydrogen (secondary N) is 1. The van der Waals surface area contributed by atoms with Crippen LogP contribution in [0.3, 0.4) is 0 Å². The number of imide groups is 1. The number of piperidine rings is 1. The molecule has 2 aliphatic heterocycles. The largest absolute Gasteiger partial charge is 0.325 e. The van der Waals surface area contributed by atoms with Crippen LogP contribution in [-0.4, -0.2) is 51.4 Å². The van der Waals surface area contributed by atoms with Crippen LogP contribution in [0.5, 0.6) is 0 Å². The summed E-state index contributed by atoms with van der Waals surface area (Å²) in [5, 5.41) is 2.97. The van der Waals surface area contributed by atoms with Gasteiger partial charge in [-0.15, -0.1) is 6.58 Å². The average Bonchev–Trinajstić information content (AvgIpc) is 2.51. The Hall–Kier alpha value is -1.36. The van der Waals surface area contributed by atoms with E-state index in [4.69, 9.17) is 0 Å². The van der Waals surface area contributed by atoms with Crippen LogP contribution in [0.1, 0.15) is 47.5 Å². The Bertz CT molecular complexity index is 464. The molecule has 0 aromatic rings. The van der Waals surface area contributed by atoms with Crippen molar-refractivity contribution < 1.29 is 9.59 Å². The Kier molecular flexibility index (Phi) is 3.69. The van der Waals surface area contributed by atoms with Crippen LogP contribution in [0, 0.1) is 0 Å². The molecule has 2 fully saturated rings. The Labute approximate surface area is 127 Å². The number of likely N-dealkylation sites (tertiary alicyclic amines) is 1. The monoisotopic (exact) mass is 293 g/mol. The molecule has 5 nitrogen and oxygen atoms in total. The summed E-state index contributed by atoms with van der Waals surface area (Å²) in [4.78, 5) is 28.7. The first-order valence-corrected chi connectivity index (χ1v) is 7.62. The van der Waals surface area contributed by atoms with E-state index in [-0.39, 0.29) is 29.6 Å². The first-order valence-electron chi connectivity index (χ1n) is 7.62. The molecular weight excluding hydrogens is 266 g/mol. The predicted octanol–water partition coefficient (Wildman–Crippen LogP) is 2.14. The van der Waals surface area contributed by atoms with Crippen LogP contribution in [0.2, 0.25) is 0 Å². The van der Waals surface area contributed by atoms with Gasteiger partial charge in [0, 0.05) is 17.6 Å². The molecule has 5 heteroatoms. The minimum absolute atomic E-state index is 0.107. The summed E-state index contributed by atoms with van der Waals surface area (Å²) in [5.41, 5.74) is -1.08. The third kappa shape index (κ3) is 2.37. The van der Waals surface area contributed by atoms with Crippen molar-refractivity contribution in [1.82, 2.24) is 15.1 Å². The van der Waals surface area contributed by atoms with Gasteiger partial charge in [-0.1, -0.05) is 13.0 Å². The van der Waals surface area contributed by atoms with Gasteiger partial charge in [-0.2, -0.15) is 0 Å². The molecule has 0 unspecified atom stereocenters. The van der Waals surface area contributed by atoms with Crippen molar-refractivity contribution in [2.75, 3.05) is 13.1 Å². The molecule has 0 radical (unpaired) electrons. The molecule has 0 bridgehead atoms. The molecule has 0 atom stereocenters. The fourth-order valence-electron chi connectivity index (χ4n) is 4.62. The second kappa shape index (κ2) is 4.83. The standard InChI is InChI=1S/C16H27N3O2/c1-7-9-18-12(20)16(17-13(18)21)10-14(3,4)19(8-2)15(5,6)11-16/h7H,1,8-11H2,2-6H3,(H,17,21). The number of hydrogen-bond acceptors (Lipinski definition) is 3. The Morgan fingerprint density at radius 1 is 1.19 bits per heavy atom. The van der Waals surface area contributed by atoms with E-state index in [9.17, 15) is 9.59 Å². The van der Waals surface area contributed by atoms with Gasteiger partial charge >= 0.3 is 6.03 Å². The highest BCUT2D eigenvalue weighted by Crippen LogP contribution is 2.45. The molecule has 1 spiro atoms. The first kappa shape index (κ1) is 16.0. The van der Waals surface area contributed by atoms with E-state index in [0.29, 0.717) is 12.8 Å². The highest BCUT2D eigenvalue weighted by Gasteiger charge is 2.60. The van der Waals surface area contributed by atoms with Crippen molar-refractivity contribution in [3.8, 4) is 0 Å². The molecule has 2 aliphatic rings. The van der Waals surface area contributed by atoms with Gasteiger partial charge in [0.25, 0.3) is 5.91 Å². The van der Waals surface area contributed by atoms with Crippen molar-refractivity contribution in [3.05, 3.63) is 12.7 Å². The fraction of sp³-hybridized carbons (Fsp3) is 0.750. The lowest BCUT2D eigenvalue weighted by Gasteiger charge is -2.57. The fourth-order valence-corrected chi connectivity index (χ4v) is 4.62. The second-order valence-electron chi connectivity index (χ2n) is 7.44. The Morgan fingerprint density at radius 3 is 2.14 bits per heavy atom. The molecule has 2 saturated heterocycles. The van der Waals surface area contributed by atoms with Gasteiger partial charge < -0.3 is 5.32 Å². The summed E-state index contributed by atoms with van der Waals surface area (Å²) in [6.45, 7) is 15.6. The van der Waals surface area contributed by atoms with Gasteiger partial charge in [-0.05, 0) is 47.1 Å². The molecule has 2 rings (SSSR count). The number of nitrogens with zero attached hydrogens (tertiary/aromatic N) is 2. The molecule has 1 N–H and O–H groups in total. The van der Waals surface area contributed by atoms with E-state index in [2.05, 4.69) is 51.4 Å². The smallest absolute Gasteiger partial charge is 0.323 e. The summed E-state index contributed by atoms with van der Waals surface area (Å²) in [6.07, 6.45) is 2.86. The Morgan fingerprint density at radius 2 is 1.71 bits per heavy atom. The summed E-state index contributed by atoms with van der Waals surface area (Å²) < 4.78 is 0. The normalized spacial score (nSPS) is 27.0. The van der Waals surface area contributed by atoms with Crippen LogP contribution in [-0.2, 0) is 4.79 Å². The van der Waals surface area contributed by atoms with E-state index >= 15 is 0 Å². The molecule has 118 valence electrons. The first-order chi connectivity index (χ1) is 9.59. The van der Waals surface area contributed by atoms with Crippen molar-refractivity contribution in [1.29, 1.82) is 0 Å². The van der Waals surface area contributed by atoms with Gasteiger partial charge in [-0.3, -0.25) is 14.6 Å². The van der Waals surface area contributed by atoms with Crippen LogP contribution in [0.25, 0.3) is 0 Å². The third-order valence-electron chi connectivity index (χ3n) is 4.80. The molecular formula is C16H27N3O2. The number of hydrogen-bond donors (Lipinski definition) is 1. The van der Waals surface area contributed by atoms with E-state index in [1.54, 1.807) is 6.08 Å². The van der Waals surface area contributed by atoms with Crippen molar-refractivity contribution >= 4 is 11.9 Å². The SMILES string of the molecule is C=CCN1C(=O)NC2(CC(C)(C)N(CC)C(C)(C)C2)C1=O. The third-order valence-corrected chi connectivity index (χ3v) is 4.80. The van der Waals surface area contributed by atoms with Crippen LogP contribution >= 0.6 is 0 Å². The average molecular weight is 293 g/mol. The molecule has 0 aliphatic carbocycles. The highest BCUT2D eigenvalue weighted by atomic mass is 16.2. The summed E-state index contributed by atoms with van der Waals surface area (Å²) in [7, 11) is 0. The zero-order valence-electron chi connectivity index (χ0n) is 13.8. The molecule has 2 heterocycles. The maximum Gasteiger partial charge on any atom is 0.325 e. The molecule has 0 aromatic heterocycles. The van der Waals surface area contributed by atoms with Gasteiger partial charge in [0.05, 0.1) is 0 Å². The lowest BCUT2D eigenvalue weighted by molar-refractivity contribution is -0.140. The van der Waals surface area contributed by atoms with Gasteiger partial charge in [0.2, 0.25) is 0 Å². The quantitative estimate of drug-likeness (QED) is 0.640. The number of carbonyl (C=O) groups is 2. The lowest BCUT2D eigenvalue weighted by atomic mass is 9.69. The Balaban J connectivity index is 2.40. The minimum atomic E-state index is -0.779. The van der Waals surface area contributed by atoms with E-state index in [0.717, 1.165) is 6.54 Å². The summed E-state index contributed by atoms with van der Waals surface area (Å²) >= 11 is 0. The maximum atomic E-state index is 12.8. The lowest BCUT2D eigenvalue weighted by Crippen LogP contribution is -2.69. The minimum Gasteiger partial charge on any atom is -0.323 e. The number of urea groups is 1. The van der Waals surface area contributed by atoms with Crippen molar-refractivity contribution in [2.24, 2.45) is 0 Å². The second-order valence-corrected chi connectivity index (χ2v) is 7.44. The molecule has 21 heavy (non-hydrogen) atoms. The van der Waals surface area contributed by atoms with Gasteiger partial charge in [0.1, 0.15) is 5.54 Å². The summed E-state index contributed by atoms with van der Waals surface area (Å²) in [5.74, 6) is -0.107. The van der Waals surface area contributed by atoms with Crippen LogP contribution < -0.4 is 5.32 Å². The van der Waals surface area contributed by atoms with Crippen LogP contribution in [0.15, 0.2) is 12.7 Å². The van der Waals surface area contributed by atoms with Crippen molar-refractivity contribution in [2.45, 2.75) is 64.1 Å². The summed E-state index contributed by atoms with van der Waals surface area (Å²) in [6, 6.07) is -0.295. The van der Waals surface area contributed by atoms with Crippen LogP contribution in [0.4, 0.5) is 4.79 Å².